The molecule has 2 aromatic heterocycles. The second-order valence-electron chi connectivity index (χ2n) is 6.30. The highest BCUT2D eigenvalue weighted by atomic mass is 35.5. The van der Waals surface area contributed by atoms with Crippen molar-refractivity contribution in [1.82, 2.24) is 4.57 Å². The summed E-state index contributed by atoms with van der Waals surface area (Å²) in [6.07, 6.45) is 3.83. The molecule has 0 aliphatic carbocycles. The largest absolute Gasteiger partial charge is 0.461 e. The summed E-state index contributed by atoms with van der Waals surface area (Å²) in [7, 11) is 0. The van der Waals surface area contributed by atoms with Crippen LogP contribution in [-0.4, -0.2) is 10.3 Å². The van der Waals surface area contributed by atoms with Gasteiger partial charge in [0, 0.05) is 27.6 Å². The van der Waals surface area contributed by atoms with Crippen LogP contribution in [0.2, 0.25) is 5.02 Å². The standard InChI is InChI=1S/C21H15ClN2O/c1-13-4-2-5-18-17(13)11-23-20(19-6-3-9-24(18)19)21-16-8-7-15(22)10-14(16)12-25-21/h2-10,12H,11H2,1H3. The highest BCUT2D eigenvalue weighted by Crippen LogP contribution is 2.31. The maximum atomic E-state index is 6.11. The topological polar surface area (TPSA) is 30.4 Å². The van der Waals surface area contributed by atoms with E-state index in [1.54, 1.807) is 6.26 Å². The highest BCUT2D eigenvalue weighted by Gasteiger charge is 2.22. The Labute approximate surface area is 150 Å². The van der Waals surface area contributed by atoms with Crippen molar-refractivity contribution < 1.29 is 4.42 Å². The number of benzene rings is 2. The van der Waals surface area contributed by atoms with Gasteiger partial charge in [0.2, 0.25) is 0 Å². The molecule has 0 atom stereocenters. The Hall–Kier alpha value is -2.78. The van der Waals surface area contributed by atoms with Crippen LogP contribution in [0.5, 0.6) is 0 Å². The fourth-order valence-electron chi connectivity index (χ4n) is 3.54. The normalized spacial score (nSPS) is 13.3. The quantitative estimate of drug-likeness (QED) is 0.445. The fraction of sp³-hybridized carbons (Fsp3) is 0.0952. The van der Waals surface area contributed by atoms with Crippen molar-refractivity contribution in [3.05, 3.63) is 88.6 Å². The number of hydrogen-bond donors (Lipinski definition) is 0. The zero-order valence-electron chi connectivity index (χ0n) is 13.7. The van der Waals surface area contributed by atoms with Gasteiger partial charge >= 0.3 is 0 Å². The molecule has 4 heteroatoms. The van der Waals surface area contributed by atoms with Gasteiger partial charge in [0.15, 0.2) is 5.76 Å². The predicted molar refractivity (Wildman–Crippen MR) is 101 cm³/mol. The molecule has 0 spiro atoms. The van der Waals surface area contributed by atoms with E-state index in [2.05, 4.69) is 42.0 Å². The zero-order valence-corrected chi connectivity index (χ0v) is 14.4. The monoisotopic (exact) mass is 346 g/mol. The molecule has 0 saturated heterocycles. The van der Waals surface area contributed by atoms with Gasteiger partial charge in [-0.3, -0.25) is 4.99 Å². The van der Waals surface area contributed by atoms with Crippen LogP contribution in [0.4, 0.5) is 0 Å². The summed E-state index contributed by atoms with van der Waals surface area (Å²) in [5.74, 6) is 0.789. The highest BCUT2D eigenvalue weighted by molar-refractivity contribution is 6.31. The van der Waals surface area contributed by atoms with Crippen molar-refractivity contribution in [1.29, 1.82) is 0 Å². The van der Waals surface area contributed by atoms with Crippen molar-refractivity contribution in [2.75, 3.05) is 0 Å². The number of aromatic nitrogens is 1. The van der Waals surface area contributed by atoms with Crippen LogP contribution in [0, 0.1) is 6.92 Å². The fourth-order valence-corrected chi connectivity index (χ4v) is 3.72. The van der Waals surface area contributed by atoms with Gasteiger partial charge in [0.25, 0.3) is 0 Å². The zero-order chi connectivity index (χ0) is 17.0. The van der Waals surface area contributed by atoms with E-state index in [9.17, 15) is 0 Å². The van der Waals surface area contributed by atoms with Gasteiger partial charge in [0.05, 0.1) is 24.2 Å². The van der Waals surface area contributed by atoms with Gasteiger partial charge in [-0.25, -0.2) is 0 Å². The molecule has 1 aliphatic heterocycles. The van der Waals surface area contributed by atoms with E-state index in [1.807, 2.05) is 24.3 Å². The lowest BCUT2D eigenvalue weighted by Gasteiger charge is -2.11. The number of nitrogens with zero attached hydrogens (tertiary/aromatic N) is 2. The molecule has 3 heterocycles. The number of aliphatic imine (C=N–C) groups is 1. The van der Waals surface area contributed by atoms with Crippen LogP contribution >= 0.6 is 11.6 Å². The van der Waals surface area contributed by atoms with Crippen molar-refractivity contribution in [2.24, 2.45) is 4.99 Å². The van der Waals surface area contributed by atoms with Crippen LogP contribution in [0.15, 0.2) is 70.4 Å². The first-order valence-corrected chi connectivity index (χ1v) is 8.58. The minimum atomic E-state index is 0.634. The first-order valence-electron chi connectivity index (χ1n) is 8.20. The molecule has 122 valence electrons. The molecule has 0 amide bonds. The average molecular weight is 347 g/mol. The van der Waals surface area contributed by atoms with E-state index in [1.165, 1.54) is 16.8 Å². The summed E-state index contributed by atoms with van der Waals surface area (Å²) >= 11 is 6.11. The van der Waals surface area contributed by atoms with Crippen molar-refractivity contribution >= 4 is 28.1 Å². The van der Waals surface area contributed by atoms with Crippen LogP contribution < -0.4 is 0 Å². The maximum absolute atomic E-state index is 6.11. The van der Waals surface area contributed by atoms with Gasteiger partial charge in [0.1, 0.15) is 5.71 Å². The number of rotatable bonds is 1. The molecular formula is C21H15ClN2O. The van der Waals surface area contributed by atoms with Crippen LogP contribution in [0.25, 0.3) is 16.5 Å². The lowest BCUT2D eigenvalue weighted by molar-refractivity contribution is 0.562. The molecule has 1 aliphatic rings. The summed E-state index contributed by atoms with van der Waals surface area (Å²) in [6, 6.07) is 16.3. The molecule has 0 unspecified atom stereocenters. The smallest absolute Gasteiger partial charge is 0.161 e. The van der Waals surface area contributed by atoms with Gasteiger partial charge < -0.3 is 8.98 Å². The van der Waals surface area contributed by atoms with E-state index < -0.39 is 0 Å². The Balaban J connectivity index is 1.77. The Bertz CT molecular complexity index is 1150. The molecule has 25 heavy (non-hydrogen) atoms. The summed E-state index contributed by atoms with van der Waals surface area (Å²) in [4.78, 5) is 4.92. The van der Waals surface area contributed by atoms with Gasteiger partial charge in [-0.15, -0.1) is 0 Å². The first-order chi connectivity index (χ1) is 12.2. The Morgan fingerprint density at radius 3 is 2.96 bits per heavy atom. The Kier molecular flexibility index (Phi) is 3.12. The molecule has 5 rings (SSSR count). The number of fused-ring (bicyclic) bond motifs is 4. The summed E-state index contributed by atoms with van der Waals surface area (Å²) in [5, 5.41) is 2.72. The molecular weight excluding hydrogens is 332 g/mol. The molecule has 0 saturated carbocycles. The number of furan rings is 1. The summed E-state index contributed by atoms with van der Waals surface area (Å²) in [6.45, 7) is 2.77. The molecule has 3 nitrogen and oxygen atoms in total. The molecule has 2 aromatic carbocycles. The third-order valence-corrected chi connectivity index (χ3v) is 5.04. The lowest BCUT2D eigenvalue weighted by atomic mass is 10.1. The number of aryl methyl sites for hydroxylation is 1. The maximum Gasteiger partial charge on any atom is 0.161 e. The van der Waals surface area contributed by atoms with Gasteiger partial charge in [-0.2, -0.15) is 0 Å². The SMILES string of the molecule is Cc1cccc2c1CN=C(c1occ3cc(Cl)ccc13)c1cccn1-2. The average Bonchev–Trinajstić information content (AvgIpc) is 3.21. The Morgan fingerprint density at radius 2 is 2.04 bits per heavy atom. The van der Waals surface area contributed by atoms with Crippen molar-refractivity contribution in [2.45, 2.75) is 13.5 Å². The minimum Gasteiger partial charge on any atom is -0.461 e. The lowest BCUT2D eigenvalue weighted by Crippen LogP contribution is -2.07. The van der Waals surface area contributed by atoms with Gasteiger partial charge in [-0.1, -0.05) is 23.7 Å². The van der Waals surface area contributed by atoms with Crippen molar-refractivity contribution in [3.63, 3.8) is 0 Å². The molecule has 0 radical (unpaired) electrons. The molecule has 0 fully saturated rings. The number of halogens is 1. The van der Waals surface area contributed by atoms with Gasteiger partial charge in [-0.05, 0) is 48.9 Å². The molecule has 0 bridgehead atoms. The van der Waals surface area contributed by atoms with Crippen LogP contribution in [0.3, 0.4) is 0 Å². The van der Waals surface area contributed by atoms with E-state index in [-0.39, 0.29) is 0 Å². The third-order valence-electron chi connectivity index (χ3n) is 4.81. The second kappa shape index (κ2) is 5.36. The summed E-state index contributed by atoms with van der Waals surface area (Å²) < 4.78 is 8.11. The summed E-state index contributed by atoms with van der Waals surface area (Å²) in [5.41, 5.74) is 5.58. The first kappa shape index (κ1) is 14.6. The van der Waals surface area contributed by atoms with E-state index >= 15 is 0 Å². The van der Waals surface area contributed by atoms with Crippen LogP contribution in [-0.2, 0) is 6.54 Å². The minimum absolute atomic E-state index is 0.634. The molecule has 0 N–H and O–H groups in total. The molecule has 4 aromatic rings. The second-order valence-corrected chi connectivity index (χ2v) is 6.73. The number of hydrogen-bond acceptors (Lipinski definition) is 2. The van der Waals surface area contributed by atoms with E-state index in [4.69, 9.17) is 21.0 Å². The third kappa shape index (κ3) is 2.16. The van der Waals surface area contributed by atoms with E-state index in [0.717, 1.165) is 27.9 Å². The predicted octanol–water partition coefficient (Wildman–Crippen LogP) is 5.54. The van der Waals surface area contributed by atoms with E-state index in [0.29, 0.717) is 11.6 Å². The van der Waals surface area contributed by atoms with Crippen LogP contribution in [0.1, 0.15) is 22.6 Å². The Morgan fingerprint density at radius 1 is 1.12 bits per heavy atom. The van der Waals surface area contributed by atoms with Crippen molar-refractivity contribution in [3.8, 4) is 5.69 Å².